The van der Waals surface area contributed by atoms with Crippen LogP contribution >= 0.6 is 0 Å². The second-order valence-electron chi connectivity index (χ2n) is 7.64. The molecule has 1 atom stereocenters. The van der Waals surface area contributed by atoms with Crippen LogP contribution in [-0.2, 0) is 0 Å². The molecule has 34 heavy (non-hydrogen) atoms. The van der Waals surface area contributed by atoms with Crippen molar-refractivity contribution in [3.63, 3.8) is 0 Å². The minimum atomic E-state index is -0.400. The maximum absolute atomic E-state index is 13.5. The fourth-order valence-electron chi connectivity index (χ4n) is 3.29. The number of carbonyl (C=O) groups is 1. The van der Waals surface area contributed by atoms with Gasteiger partial charge in [-0.25, -0.2) is 10.2 Å². The van der Waals surface area contributed by atoms with Crippen molar-refractivity contribution >= 4 is 29.9 Å². The average Bonchev–Trinajstić information content (AvgIpc) is 2.80. The minimum absolute atomic E-state index is 0.102. The molecule has 0 saturated carbocycles. The van der Waals surface area contributed by atoms with E-state index in [1.807, 2.05) is 13.0 Å². The summed E-state index contributed by atoms with van der Waals surface area (Å²) < 4.78 is 13.1. The number of anilines is 1. The average molecular weight is 472 g/mol. The first kappa shape index (κ1) is 26.4. The molecule has 0 aliphatic rings. The fourth-order valence-corrected chi connectivity index (χ4v) is 3.29. The molecular formula is C23H32FN8O2+. The lowest BCUT2D eigenvalue weighted by atomic mass is 10.1. The third-order valence-corrected chi connectivity index (χ3v) is 4.96. The number of rotatable bonds is 12. The van der Waals surface area contributed by atoms with Crippen LogP contribution < -0.4 is 22.0 Å². The van der Waals surface area contributed by atoms with Gasteiger partial charge in [-0.2, -0.15) is 10.2 Å². The first-order valence-electron chi connectivity index (χ1n) is 10.7. The number of amides is 1. The van der Waals surface area contributed by atoms with E-state index in [4.69, 9.17) is 17.0 Å². The van der Waals surface area contributed by atoms with Crippen LogP contribution in [0.25, 0.3) is 0 Å². The Kier molecular flexibility index (Phi) is 10.1. The number of aryl methyl sites for hydroxylation is 1. The summed E-state index contributed by atoms with van der Waals surface area (Å²) in [4.78, 5) is 19.0. The van der Waals surface area contributed by atoms with Gasteiger partial charge in [0.1, 0.15) is 12.5 Å². The lowest BCUT2D eigenvalue weighted by molar-refractivity contribution is -0.650. The predicted molar refractivity (Wildman–Crippen MR) is 131 cm³/mol. The van der Waals surface area contributed by atoms with Gasteiger partial charge in [0.2, 0.25) is 0 Å². The van der Waals surface area contributed by atoms with Crippen LogP contribution in [0.15, 0.2) is 47.5 Å². The van der Waals surface area contributed by atoms with Crippen LogP contribution in [0.2, 0.25) is 0 Å². The van der Waals surface area contributed by atoms with Crippen molar-refractivity contribution in [2.45, 2.75) is 19.9 Å². The molecule has 2 aromatic carbocycles. The van der Waals surface area contributed by atoms with Gasteiger partial charge in [0.05, 0.1) is 30.3 Å². The second-order valence-corrected chi connectivity index (χ2v) is 7.64. The largest absolute Gasteiger partial charge is 0.395 e. The number of nitrogens with zero attached hydrogens (tertiary/aromatic N) is 3. The van der Waals surface area contributed by atoms with Gasteiger partial charge in [0.15, 0.2) is 0 Å². The number of aliphatic imine (C=N–C) groups is 1. The van der Waals surface area contributed by atoms with Gasteiger partial charge < -0.3 is 20.7 Å². The molecule has 1 amide bonds. The number of hydrogen-bond donors (Lipinski definition) is 6. The van der Waals surface area contributed by atoms with Crippen LogP contribution in [0.3, 0.4) is 0 Å². The van der Waals surface area contributed by atoms with E-state index in [1.54, 1.807) is 19.1 Å². The predicted octanol–water partition coefficient (Wildman–Crippen LogP) is -0.376. The maximum atomic E-state index is 13.5. The number of aliphatic hydroxyl groups is 1. The Morgan fingerprint density at radius 3 is 2.68 bits per heavy atom. The normalized spacial score (nSPS) is 12.4. The highest BCUT2D eigenvalue weighted by molar-refractivity contribution is 6.14. The van der Waals surface area contributed by atoms with Crippen molar-refractivity contribution < 1.29 is 19.4 Å². The summed E-state index contributed by atoms with van der Waals surface area (Å²) in [6.45, 7) is 3.95. The molecule has 0 bridgehead atoms. The maximum Gasteiger partial charge on any atom is 0.297 e. The van der Waals surface area contributed by atoms with Gasteiger partial charge in [-0.05, 0) is 50.2 Å². The van der Waals surface area contributed by atoms with Crippen LogP contribution in [0, 0.1) is 18.2 Å². The van der Waals surface area contributed by atoms with E-state index in [9.17, 15) is 14.3 Å². The Morgan fingerprint density at radius 2 is 2.03 bits per heavy atom. The van der Waals surface area contributed by atoms with Crippen molar-refractivity contribution in [3.8, 4) is 0 Å². The number of nitrogen functional groups attached to an aromatic ring is 1. The number of carbonyl (C=O) groups excluding carboxylic acids is 1. The number of benzene rings is 2. The summed E-state index contributed by atoms with van der Waals surface area (Å²) in [5.41, 5.74) is 8.50. The topological polar surface area (TPSA) is 158 Å². The van der Waals surface area contributed by atoms with Gasteiger partial charge in [-0.1, -0.05) is 11.6 Å². The Balaban J connectivity index is 2.19. The zero-order valence-electron chi connectivity index (χ0n) is 19.3. The molecule has 182 valence electrons. The summed E-state index contributed by atoms with van der Waals surface area (Å²) in [5, 5.41) is 23.7. The van der Waals surface area contributed by atoms with Crippen molar-refractivity contribution in [1.29, 1.82) is 5.41 Å². The van der Waals surface area contributed by atoms with E-state index in [0.717, 1.165) is 11.8 Å². The Morgan fingerprint density at radius 1 is 1.32 bits per heavy atom. The highest BCUT2D eigenvalue weighted by atomic mass is 19.1. The molecule has 0 aromatic heterocycles. The summed E-state index contributed by atoms with van der Waals surface area (Å²) in [7, 11) is 0. The van der Waals surface area contributed by atoms with Gasteiger partial charge in [0.25, 0.3) is 11.7 Å². The van der Waals surface area contributed by atoms with E-state index in [-0.39, 0.29) is 43.9 Å². The zero-order chi connectivity index (χ0) is 25.1. The number of halogens is 1. The Hall–Kier alpha value is -3.83. The quantitative estimate of drug-likeness (QED) is 0.107. The molecule has 0 unspecified atom stereocenters. The first-order chi connectivity index (χ1) is 16.3. The molecule has 2 rings (SSSR count). The lowest BCUT2D eigenvalue weighted by Gasteiger charge is -2.30. The minimum Gasteiger partial charge on any atom is -0.395 e. The highest BCUT2D eigenvalue weighted by Gasteiger charge is 2.25. The number of hydrazine groups is 2. The molecule has 2 aromatic rings. The van der Waals surface area contributed by atoms with E-state index in [2.05, 4.69) is 15.4 Å². The third kappa shape index (κ3) is 7.64. The van der Waals surface area contributed by atoms with E-state index in [1.165, 1.54) is 40.5 Å². The standard InChI is InChI=1S/C23H31FN8O2/c1-16-3-8-21(29-15-28-10-9-25)20(13-16)23(34)31(11-12-33)17(2)14-32(27)30-22(26)18-4-6-19(24)7-5-18/h3-10,13,17,25,29,33H,11-12,14-15,27H2,1-2H3,(H2,26,30)/p+1/b25-9?,28-10-/t17-/m0/s1. The van der Waals surface area contributed by atoms with Gasteiger partial charge >= 0.3 is 0 Å². The molecular weight excluding hydrogens is 439 g/mol. The number of amidine groups is 1. The van der Waals surface area contributed by atoms with Crippen LogP contribution in [0.1, 0.15) is 28.4 Å². The van der Waals surface area contributed by atoms with Crippen LogP contribution in [-0.4, -0.2) is 71.7 Å². The van der Waals surface area contributed by atoms with Crippen molar-refractivity contribution in [2.24, 2.45) is 16.6 Å². The smallest absolute Gasteiger partial charge is 0.297 e. The molecule has 0 saturated heterocycles. The number of hydrogen-bond acceptors (Lipinski definition) is 7. The number of hydrazone groups is 1. The lowest BCUT2D eigenvalue weighted by Crippen LogP contribution is -2.89. The number of nitrogens with two attached hydrogens (primary N) is 2. The molecule has 0 heterocycles. The number of nitrogens with one attached hydrogen (secondary N) is 3. The van der Waals surface area contributed by atoms with Crippen molar-refractivity contribution in [2.75, 3.05) is 31.7 Å². The fraction of sp³-hybridized carbons (Fsp3) is 0.304. The Labute approximate surface area is 198 Å². The summed E-state index contributed by atoms with van der Waals surface area (Å²) in [5.74, 6) is 5.63. The molecule has 0 spiro atoms. The van der Waals surface area contributed by atoms with Crippen molar-refractivity contribution in [3.05, 3.63) is 65.0 Å². The molecule has 0 radical (unpaired) electrons. The molecule has 0 fully saturated rings. The SMILES string of the molecule is Cc1ccc(NC/N=C\C=N)c(C(=O)N(CCO)[C@@H](C)CN(N)/[NH+]=C(\N)c2ccc(F)cc2)c1. The summed E-state index contributed by atoms with van der Waals surface area (Å²) in [6.07, 6.45) is 2.42. The monoisotopic (exact) mass is 471 g/mol. The molecule has 11 heteroatoms. The highest BCUT2D eigenvalue weighted by Crippen LogP contribution is 2.20. The van der Waals surface area contributed by atoms with Crippen LogP contribution in [0.5, 0.6) is 0 Å². The zero-order valence-corrected chi connectivity index (χ0v) is 19.3. The van der Waals surface area contributed by atoms with Gasteiger partial charge in [-0.15, -0.1) is 0 Å². The van der Waals surface area contributed by atoms with E-state index < -0.39 is 6.04 Å². The summed E-state index contributed by atoms with van der Waals surface area (Å²) in [6, 6.07) is 10.7. The van der Waals surface area contributed by atoms with Gasteiger partial charge in [0, 0.05) is 24.7 Å². The van der Waals surface area contributed by atoms with Crippen molar-refractivity contribution in [1.82, 2.24) is 10.0 Å². The first-order valence-corrected chi connectivity index (χ1v) is 10.7. The third-order valence-electron chi connectivity index (χ3n) is 4.96. The van der Waals surface area contributed by atoms with Crippen LogP contribution in [0.4, 0.5) is 10.1 Å². The summed E-state index contributed by atoms with van der Waals surface area (Å²) >= 11 is 0. The molecule has 8 N–H and O–H groups in total. The number of aliphatic hydroxyl groups excluding tert-OH is 1. The Bertz CT molecular complexity index is 1030. The van der Waals surface area contributed by atoms with E-state index in [0.29, 0.717) is 16.8 Å². The molecule has 0 aliphatic carbocycles. The van der Waals surface area contributed by atoms with E-state index >= 15 is 0 Å². The van der Waals surface area contributed by atoms with Gasteiger partial charge in [-0.3, -0.25) is 15.5 Å². The molecule has 10 nitrogen and oxygen atoms in total. The second kappa shape index (κ2) is 13.0. The molecule has 0 aliphatic heterocycles.